The van der Waals surface area contributed by atoms with E-state index in [9.17, 15) is 13.2 Å². The van der Waals surface area contributed by atoms with Crippen LogP contribution in [0.3, 0.4) is 0 Å². The second-order valence-corrected chi connectivity index (χ2v) is 6.03. The van der Waals surface area contributed by atoms with E-state index in [4.69, 9.17) is 0 Å². The first-order valence-corrected chi connectivity index (χ1v) is 6.81. The highest BCUT2D eigenvalue weighted by atomic mass is 32.2. The van der Waals surface area contributed by atoms with Crippen LogP contribution in [0.1, 0.15) is 22.8 Å². The summed E-state index contributed by atoms with van der Waals surface area (Å²) < 4.78 is 22.6. The van der Waals surface area contributed by atoms with E-state index >= 15 is 0 Å². The first-order valence-electron chi connectivity index (χ1n) is 4.99. The number of carbonyl (C=O) groups is 1. The summed E-state index contributed by atoms with van der Waals surface area (Å²) >= 11 is 0. The van der Waals surface area contributed by atoms with Gasteiger partial charge in [0.1, 0.15) is 0 Å². The third kappa shape index (κ3) is 2.22. The van der Waals surface area contributed by atoms with Crippen LogP contribution in [0.15, 0.2) is 30.3 Å². The Morgan fingerprint density at radius 2 is 2.06 bits per heavy atom. The molecule has 0 bridgehead atoms. The molecular formula is C12H12O3S. The molecule has 84 valence electrons. The highest BCUT2D eigenvalue weighted by Crippen LogP contribution is 2.23. The molecule has 0 spiro atoms. The predicted molar refractivity (Wildman–Crippen MR) is 63.1 cm³/mol. The molecule has 4 heteroatoms. The van der Waals surface area contributed by atoms with Crippen molar-refractivity contribution in [1.29, 1.82) is 0 Å². The molecule has 0 unspecified atom stereocenters. The lowest BCUT2D eigenvalue weighted by Gasteiger charge is -2.03. The minimum atomic E-state index is -2.95. The number of ketones is 1. The van der Waals surface area contributed by atoms with E-state index in [1.807, 2.05) is 6.07 Å². The summed E-state index contributed by atoms with van der Waals surface area (Å²) in [5.41, 5.74) is 2.24. The van der Waals surface area contributed by atoms with Gasteiger partial charge in [-0.2, -0.15) is 0 Å². The van der Waals surface area contributed by atoms with Crippen molar-refractivity contribution in [3.05, 3.63) is 41.5 Å². The van der Waals surface area contributed by atoms with Crippen LogP contribution >= 0.6 is 0 Å². The summed E-state index contributed by atoms with van der Waals surface area (Å²) in [6, 6.07) is 7.09. The van der Waals surface area contributed by atoms with Gasteiger partial charge in [0.05, 0.1) is 11.5 Å². The lowest BCUT2D eigenvalue weighted by atomic mass is 10.0. The average Bonchev–Trinajstić information content (AvgIpc) is 2.59. The van der Waals surface area contributed by atoms with E-state index in [-0.39, 0.29) is 17.3 Å². The number of rotatable bonds is 2. The van der Waals surface area contributed by atoms with Crippen LogP contribution in [-0.2, 0) is 9.84 Å². The van der Waals surface area contributed by atoms with Crippen LogP contribution < -0.4 is 0 Å². The lowest BCUT2D eigenvalue weighted by molar-refractivity contribution is 0.101. The molecule has 0 aromatic heterocycles. The molecule has 1 aliphatic heterocycles. The zero-order valence-corrected chi connectivity index (χ0v) is 9.75. The van der Waals surface area contributed by atoms with Crippen LogP contribution in [-0.4, -0.2) is 25.7 Å². The van der Waals surface area contributed by atoms with Crippen molar-refractivity contribution in [1.82, 2.24) is 0 Å². The average molecular weight is 236 g/mol. The molecule has 1 heterocycles. The zero-order chi connectivity index (χ0) is 11.8. The summed E-state index contributed by atoms with van der Waals surface area (Å²) in [6.45, 7) is 1.50. The maximum absolute atomic E-state index is 11.3. The molecule has 1 aromatic rings. The van der Waals surface area contributed by atoms with Crippen LogP contribution in [0.2, 0.25) is 0 Å². The summed E-state index contributed by atoms with van der Waals surface area (Å²) in [5, 5.41) is 0. The van der Waals surface area contributed by atoms with Gasteiger partial charge in [-0.1, -0.05) is 24.3 Å². The first-order chi connectivity index (χ1) is 7.48. The van der Waals surface area contributed by atoms with Gasteiger partial charge in [-0.15, -0.1) is 0 Å². The van der Waals surface area contributed by atoms with E-state index in [0.29, 0.717) is 5.56 Å². The molecule has 0 saturated carbocycles. The largest absolute Gasteiger partial charge is 0.295 e. The first kappa shape index (κ1) is 11.1. The Balaban J connectivity index is 2.36. The van der Waals surface area contributed by atoms with Crippen molar-refractivity contribution in [3.8, 4) is 0 Å². The number of hydrogen-bond acceptors (Lipinski definition) is 3. The summed E-state index contributed by atoms with van der Waals surface area (Å²) in [6.07, 6.45) is 1.72. The monoisotopic (exact) mass is 236 g/mol. The lowest BCUT2D eigenvalue weighted by Crippen LogP contribution is -2.03. The quantitative estimate of drug-likeness (QED) is 0.734. The maximum Gasteiger partial charge on any atom is 0.159 e. The van der Waals surface area contributed by atoms with Crippen LogP contribution in [0, 0.1) is 0 Å². The topological polar surface area (TPSA) is 51.2 Å². The number of Topliss-reactive ketones (excluding diaryl/α,β-unsaturated/α-hetero) is 1. The predicted octanol–water partition coefficient (Wildman–Crippen LogP) is 1.70. The fraction of sp³-hybridized carbons (Fsp3) is 0.250. The van der Waals surface area contributed by atoms with E-state index < -0.39 is 9.84 Å². The van der Waals surface area contributed by atoms with Crippen molar-refractivity contribution < 1.29 is 13.2 Å². The molecule has 2 rings (SSSR count). The van der Waals surface area contributed by atoms with Gasteiger partial charge in [-0.05, 0) is 24.1 Å². The molecular weight excluding hydrogens is 224 g/mol. The minimum absolute atomic E-state index is 0.0108. The summed E-state index contributed by atoms with van der Waals surface area (Å²) in [5.74, 6) is 0.171. The van der Waals surface area contributed by atoms with Gasteiger partial charge >= 0.3 is 0 Å². The number of carbonyl (C=O) groups excluding carboxylic acids is 1. The highest BCUT2D eigenvalue weighted by Gasteiger charge is 2.20. The number of hydrogen-bond donors (Lipinski definition) is 0. The standard InChI is InChI=1S/C12H12O3S/c1-9(13)10-3-2-4-11(7-10)12-5-6-16(14,15)8-12/h2-5,7H,6,8H2,1H3. The fourth-order valence-corrected chi connectivity index (χ4v) is 3.05. The number of sulfone groups is 1. The van der Waals surface area contributed by atoms with E-state index in [1.165, 1.54) is 6.92 Å². The van der Waals surface area contributed by atoms with E-state index in [1.54, 1.807) is 24.3 Å². The summed E-state index contributed by atoms with van der Waals surface area (Å²) in [4.78, 5) is 11.2. The Morgan fingerprint density at radius 3 is 2.62 bits per heavy atom. The molecule has 0 N–H and O–H groups in total. The Labute approximate surface area is 94.7 Å². The van der Waals surface area contributed by atoms with Crippen LogP contribution in [0.25, 0.3) is 5.57 Å². The van der Waals surface area contributed by atoms with Crippen molar-refractivity contribution in [3.63, 3.8) is 0 Å². The smallest absolute Gasteiger partial charge is 0.159 e. The van der Waals surface area contributed by atoms with Gasteiger partial charge in [-0.25, -0.2) is 8.42 Å². The van der Waals surface area contributed by atoms with Crippen molar-refractivity contribution in [2.75, 3.05) is 11.5 Å². The molecule has 0 saturated heterocycles. The third-order valence-electron chi connectivity index (χ3n) is 2.60. The van der Waals surface area contributed by atoms with Gasteiger partial charge in [0.15, 0.2) is 15.6 Å². The molecule has 0 aliphatic carbocycles. The Bertz CT molecular complexity index is 568. The van der Waals surface area contributed by atoms with E-state index in [2.05, 4.69) is 0 Å². The fourth-order valence-electron chi connectivity index (χ4n) is 1.72. The van der Waals surface area contributed by atoms with Crippen molar-refractivity contribution >= 4 is 21.2 Å². The summed E-state index contributed by atoms with van der Waals surface area (Å²) in [7, 11) is -2.95. The van der Waals surface area contributed by atoms with Gasteiger partial charge in [0.25, 0.3) is 0 Å². The molecule has 0 fully saturated rings. The molecule has 1 aliphatic rings. The SMILES string of the molecule is CC(=O)c1cccc(C2=CCS(=O)(=O)C2)c1. The minimum Gasteiger partial charge on any atom is -0.295 e. The van der Waals surface area contributed by atoms with Gasteiger partial charge < -0.3 is 0 Å². The maximum atomic E-state index is 11.3. The van der Waals surface area contributed by atoms with Gasteiger partial charge in [0.2, 0.25) is 0 Å². The van der Waals surface area contributed by atoms with E-state index in [0.717, 1.165) is 11.1 Å². The number of benzene rings is 1. The Morgan fingerprint density at radius 1 is 1.31 bits per heavy atom. The third-order valence-corrected chi connectivity index (χ3v) is 4.02. The van der Waals surface area contributed by atoms with Crippen LogP contribution in [0.4, 0.5) is 0 Å². The molecule has 0 amide bonds. The molecule has 3 nitrogen and oxygen atoms in total. The molecule has 1 aromatic carbocycles. The zero-order valence-electron chi connectivity index (χ0n) is 8.93. The van der Waals surface area contributed by atoms with Crippen molar-refractivity contribution in [2.45, 2.75) is 6.92 Å². The Kier molecular flexibility index (Phi) is 2.68. The molecule has 0 atom stereocenters. The normalized spacial score (nSPS) is 18.2. The van der Waals surface area contributed by atoms with Crippen LogP contribution in [0.5, 0.6) is 0 Å². The second kappa shape index (κ2) is 3.87. The highest BCUT2D eigenvalue weighted by molar-refractivity contribution is 7.92. The molecule has 16 heavy (non-hydrogen) atoms. The van der Waals surface area contributed by atoms with Gasteiger partial charge in [0, 0.05) is 5.56 Å². The Hall–Kier alpha value is -1.42. The second-order valence-electron chi connectivity index (χ2n) is 3.92. The van der Waals surface area contributed by atoms with Crippen molar-refractivity contribution in [2.24, 2.45) is 0 Å². The molecule has 0 radical (unpaired) electrons. The van der Waals surface area contributed by atoms with Gasteiger partial charge in [-0.3, -0.25) is 4.79 Å².